The van der Waals surface area contributed by atoms with Crippen molar-refractivity contribution in [2.75, 3.05) is 39.4 Å². The minimum absolute atomic E-state index is 0.117. The fourth-order valence-corrected chi connectivity index (χ4v) is 4.28. The number of carbonyl (C=O) groups is 2. The van der Waals surface area contributed by atoms with Gasteiger partial charge in [-0.25, -0.2) is 0 Å². The van der Waals surface area contributed by atoms with Gasteiger partial charge in [-0.1, -0.05) is 12.1 Å². The van der Waals surface area contributed by atoms with Crippen molar-refractivity contribution in [3.8, 4) is 5.75 Å². The van der Waals surface area contributed by atoms with E-state index in [1.165, 1.54) is 5.56 Å². The molecule has 1 aromatic rings. The van der Waals surface area contributed by atoms with Crippen LogP contribution in [0.15, 0.2) is 24.3 Å². The van der Waals surface area contributed by atoms with Gasteiger partial charge in [-0.3, -0.25) is 14.5 Å². The number of esters is 1. The van der Waals surface area contributed by atoms with E-state index in [1.54, 1.807) is 0 Å². The summed E-state index contributed by atoms with van der Waals surface area (Å²) in [5.41, 5.74) is 1.23. The van der Waals surface area contributed by atoms with E-state index in [2.05, 4.69) is 17.0 Å². The zero-order valence-electron chi connectivity index (χ0n) is 17.1. The SMILES string of the molecule is CCOC(=O)[C@H]1CCCN(C(=O)CN2CCC[C@@H]2c2ccc(OCC)cc2)C1. The normalized spacial score (nSPS) is 22.9. The van der Waals surface area contributed by atoms with Gasteiger partial charge in [0.1, 0.15) is 5.75 Å². The average Bonchev–Trinajstić information content (AvgIpc) is 3.17. The summed E-state index contributed by atoms with van der Waals surface area (Å²) in [5, 5.41) is 0. The van der Waals surface area contributed by atoms with Crippen LogP contribution in [-0.2, 0) is 14.3 Å². The lowest BCUT2D eigenvalue weighted by Crippen LogP contribution is -2.46. The van der Waals surface area contributed by atoms with Crippen LogP contribution in [0.5, 0.6) is 5.75 Å². The molecule has 2 atom stereocenters. The largest absolute Gasteiger partial charge is 0.494 e. The molecule has 2 saturated heterocycles. The molecule has 154 valence electrons. The molecule has 0 aliphatic carbocycles. The minimum atomic E-state index is -0.182. The Balaban J connectivity index is 1.58. The summed E-state index contributed by atoms with van der Waals surface area (Å²) in [4.78, 5) is 29.1. The number of ether oxygens (including phenoxy) is 2. The third-order valence-corrected chi connectivity index (χ3v) is 5.67. The van der Waals surface area contributed by atoms with Gasteiger partial charge >= 0.3 is 5.97 Å². The second-order valence-electron chi connectivity index (χ2n) is 7.56. The summed E-state index contributed by atoms with van der Waals surface area (Å²) < 4.78 is 10.7. The topological polar surface area (TPSA) is 59.1 Å². The van der Waals surface area contributed by atoms with E-state index in [9.17, 15) is 9.59 Å². The van der Waals surface area contributed by atoms with Crippen LogP contribution in [0, 0.1) is 5.92 Å². The summed E-state index contributed by atoms with van der Waals surface area (Å²) in [5.74, 6) is 0.642. The lowest BCUT2D eigenvalue weighted by Gasteiger charge is -2.33. The van der Waals surface area contributed by atoms with E-state index in [0.717, 1.165) is 44.5 Å². The lowest BCUT2D eigenvalue weighted by molar-refractivity contribution is -0.151. The standard InChI is InChI=1S/C22H32N2O4/c1-3-27-19-11-9-17(10-12-19)20-8-6-13-23(20)16-21(25)24-14-5-7-18(15-24)22(26)28-4-2/h9-12,18,20H,3-8,13-16H2,1-2H3/t18-,20+/m0/s1. The zero-order valence-corrected chi connectivity index (χ0v) is 17.1. The van der Waals surface area contributed by atoms with Gasteiger partial charge in [-0.15, -0.1) is 0 Å². The van der Waals surface area contributed by atoms with Crippen molar-refractivity contribution in [1.82, 2.24) is 9.80 Å². The summed E-state index contributed by atoms with van der Waals surface area (Å²) in [6, 6.07) is 8.49. The lowest BCUT2D eigenvalue weighted by atomic mass is 9.98. The second kappa shape index (κ2) is 9.92. The highest BCUT2D eigenvalue weighted by atomic mass is 16.5. The van der Waals surface area contributed by atoms with E-state index in [1.807, 2.05) is 30.9 Å². The molecular weight excluding hydrogens is 356 g/mol. The summed E-state index contributed by atoms with van der Waals surface area (Å²) in [7, 11) is 0. The number of hydrogen-bond donors (Lipinski definition) is 0. The van der Waals surface area contributed by atoms with Crippen molar-refractivity contribution >= 4 is 11.9 Å². The number of benzene rings is 1. The van der Waals surface area contributed by atoms with E-state index in [4.69, 9.17) is 9.47 Å². The first-order valence-corrected chi connectivity index (χ1v) is 10.5. The smallest absolute Gasteiger partial charge is 0.310 e. The molecule has 6 heteroatoms. The first-order chi connectivity index (χ1) is 13.6. The molecule has 1 aromatic carbocycles. The number of carbonyl (C=O) groups excluding carboxylic acids is 2. The highest BCUT2D eigenvalue weighted by molar-refractivity contribution is 5.80. The van der Waals surface area contributed by atoms with Crippen molar-refractivity contribution in [3.63, 3.8) is 0 Å². The van der Waals surface area contributed by atoms with Gasteiger partial charge < -0.3 is 14.4 Å². The number of piperidine rings is 1. The Morgan fingerprint density at radius 3 is 2.50 bits per heavy atom. The van der Waals surface area contributed by atoms with Gasteiger partial charge in [0.2, 0.25) is 5.91 Å². The molecule has 2 heterocycles. The first kappa shape index (κ1) is 20.6. The molecular formula is C22H32N2O4. The van der Waals surface area contributed by atoms with Crippen LogP contribution in [0.2, 0.25) is 0 Å². The summed E-state index contributed by atoms with van der Waals surface area (Å²) in [6.45, 7) is 7.40. The number of amides is 1. The average molecular weight is 389 g/mol. The van der Waals surface area contributed by atoms with Crippen LogP contribution < -0.4 is 4.74 Å². The molecule has 0 N–H and O–H groups in total. The molecule has 1 amide bonds. The number of hydrogen-bond acceptors (Lipinski definition) is 5. The third kappa shape index (κ3) is 5.04. The molecule has 2 aliphatic heterocycles. The Morgan fingerprint density at radius 1 is 1.04 bits per heavy atom. The Hall–Kier alpha value is -2.08. The molecule has 0 unspecified atom stereocenters. The number of likely N-dealkylation sites (tertiary alicyclic amines) is 2. The van der Waals surface area contributed by atoms with Crippen LogP contribution in [-0.4, -0.2) is 61.1 Å². The predicted molar refractivity (Wildman–Crippen MR) is 107 cm³/mol. The second-order valence-corrected chi connectivity index (χ2v) is 7.56. The van der Waals surface area contributed by atoms with Gasteiger partial charge in [-0.05, 0) is 63.8 Å². The van der Waals surface area contributed by atoms with Crippen molar-refractivity contribution in [1.29, 1.82) is 0 Å². The molecule has 0 saturated carbocycles. The highest BCUT2D eigenvalue weighted by Gasteiger charge is 2.32. The van der Waals surface area contributed by atoms with Gasteiger partial charge in [0.25, 0.3) is 0 Å². The van der Waals surface area contributed by atoms with Crippen LogP contribution in [0.1, 0.15) is 51.1 Å². The number of nitrogens with zero attached hydrogens (tertiary/aromatic N) is 2. The van der Waals surface area contributed by atoms with E-state index < -0.39 is 0 Å². The molecule has 3 rings (SSSR count). The summed E-state index contributed by atoms with van der Waals surface area (Å²) >= 11 is 0. The molecule has 28 heavy (non-hydrogen) atoms. The van der Waals surface area contributed by atoms with Crippen LogP contribution >= 0.6 is 0 Å². The first-order valence-electron chi connectivity index (χ1n) is 10.5. The zero-order chi connectivity index (χ0) is 19.9. The van der Waals surface area contributed by atoms with Crippen molar-refractivity contribution in [2.24, 2.45) is 5.92 Å². The van der Waals surface area contributed by atoms with Crippen LogP contribution in [0.4, 0.5) is 0 Å². The molecule has 0 spiro atoms. The monoisotopic (exact) mass is 388 g/mol. The van der Waals surface area contributed by atoms with Crippen LogP contribution in [0.3, 0.4) is 0 Å². The van der Waals surface area contributed by atoms with Gasteiger partial charge in [-0.2, -0.15) is 0 Å². The van der Waals surface area contributed by atoms with Gasteiger partial charge in [0.05, 0.1) is 25.7 Å². The Labute approximate surface area is 167 Å². The Kier molecular flexibility index (Phi) is 7.31. The van der Waals surface area contributed by atoms with Crippen molar-refractivity contribution in [2.45, 2.75) is 45.6 Å². The Morgan fingerprint density at radius 2 is 1.79 bits per heavy atom. The van der Waals surface area contributed by atoms with Crippen LogP contribution in [0.25, 0.3) is 0 Å². The molecule has 6 nitrogen and oxygen atoms in total. The van der Waals surface area contributed by atoms with Crippen molar-refractivity contribution < 1.29 is 19.1 Å². The maximum atomic E-state index is 12.9. The predicted octanol–water partition coefficient (Wildman–Crippen LogP) is 3.02. The van der Waals surface area contributed by atoms with Gasteiger partial charge in [0, 0.05) is 19.1 Å². The maximum absolute atomic E-state index is 12.9. The highest BCUT2D eigenvalue weighted by Crippen LogP contribution is 2.32. The molecule has 0 aromatic heterocycles. The number of rotatable bonds is 7. The third-order valence-electron chi connectivity index (χ3n) is 5.67. The molecule has 2 aliphatic rings. The van der Waals surface area contributed by atoms with E-state index in [-0.39, 0.29) is 23.8 Å². The summed E-state index contributed by atoms with van der Waals surface area (Å²) in [6.07, 6.45) is 3.82. The molecule has 0 bridgehead atoms. The Bertz CT molecular complexity index is 661. The minimum Gasteiger partial charge on any atom is -0.494 e. The quantitative estimate of drug-likeness (QED) is 0.672. The van der Waals surface area contributed by atoms with Gasteiger partial charge in [0.15, 0.2) is 0 Å². The molecule has 0 radical (unpaired) electrons. The van der Waals surface area contributed by atoms with Crippen molar-refractivity contribution in [3.05, 3.63) is 29.8 Å². The van der Waals surface area contributed by atoms with E-state index in [0.29, 0.717) is 26.3 Å². The maximum Gasteiger partial charge on any atom is 0.310 e. The fourth-order valence-electron chi connectivity index (χ4n) is 4.28. The fraction of sp³-hybridized carbons (Fsp3) is 0.636. The molecule has 2 fully saturated rings. The van der Waals surface area contributed by atoms with E-state index >= 15 is 0 Å².